The summed E-state index contributed by atoms with van der Waals surface area (Å²) in [5, 5.41) is 4.14. The second kappa shape index (κ2) is 8.71. The van der Waals surface area contributed by atoms with Gasteiger partial charge in [-0.15, -0.1) is 0 Å². The molecule has 4 aromatic rings. The summed E-state index contributed by atoms with van der Waals surface area (Å²) in [4.78, 5) is 8.84. The average Bonchev–Trinajstić information content (AvgIpc) is 3.65. The maximum absolute atomic E-state index is 6.00. The third kappa shape index (κ3) is 3.69. The van der Waals surface area contributed by atoms with E-state index in [0.717, 1.165) is 29.3 Å². The number of nitrogens with zero attached hydrogens (tertiary/aromatic N) is 3. The monoisotopic (exact) mass is 451 g/mol. The minimum absolute atomic E-state index is 0.0623. The SMILES string of the molecule is CCc1nc(-c2ccc(C3(c4ccc(OCc5ccccn5)cc4)CC4CCC3C4)cc2)no1. The largest absolute Gasteiger partial charge is 0.487 e. The van der Waals surface area contributed by atoms with Crippen molar-refractivity contribution in [3.05, 3.63) is 95.6 Å². The zero-order valence-corrected chi connectivity index (χ0v) is 19.5. The number of ether oxygens (including phenoxy) is 1. The van der Waals surface area contributed by atoms with E-state index < -0.39 is 0 Å². The van der Waals surface area contributed by atoms with Crippen LogP contribution in [0.15, 0.2) is 77.4 Å². The molecule has 5 heteroatoms. The molecule has 0 N–H and O–H groups in total. The van der Waals surface area contributed by atoms with E-state index in [1.54, 1.807) is 6.20 Å². The molecule has 6 rings (SSSR count). The van der Waals surface area contributed by atoms with Crippen LogP contribution >= 0.6 is 0 Å². The summed E-state index contributed by atoms with van der Waals surface area (Å²) in [5.41, 5.74) is 4.79. The van der Waals surface area contributed by atoms with Crippen molar-refractivity contribution in [2.75, 3.05) is 0 Å². The summed E-state index contributed by atoms with van der Waals surface area (Å²) in [6.45, 7) is 2.50. The molecular formula is C29H29N3O2. The lowest BCUT2D eigenvalue weighted by atomic mass is 9.64. The summed E-state index contributed by atoms with van der Waals surface area (Å²) in [5.74, 6) is 3.72. The van der Waals surface area contributed by atoms with Gasteiger partial charge in [0.05, 0.1) is 5.69 Å². The Morgan fingerprint density at radius 3 is 2.38 bits per heavy atom. The molecule has 2 bridgehead atoms. The van der Waals surface area contributed by atoms with Gasteiger partial charge in [-0.3, -0.25) is 4.98 Å². The molecule has 5 nitrogen and oxygen atoms in total. The average molecular weight is 452 g/mol. The summed E-state index contributed by atoms with van der Waals surface area (Å²) in [6.07, 6.45) is 7.75. The van der Waals surface area contributed by atoms with Crippen molar-refractivity contribution in [2.45, 2.75) is 51.0 Å². The Balaban J connectivity index is 1.28. The second-order valence-corrected chi connectivity index (χ2v) is 9.63. The van der Waals surface area contributed by atoms with Gasteiger partial charge in [-0.25, -0.2) is 0 Å². The highest BCUT2D eigenvalue weighted by atomic mass is 16.5. The van der Waals surface area contributed by atoms with E-state index in [4.69, 9.17) is 9.26 Å². The molecule has 0 aliphatic heterocycles. The zero-order chi connectivity index (χ0) is 23.0. The van der Waals surface area contributed by atoms with Crippen LogP contribution in [0.2, 0.25) is 0 Å². The third-order valence-corrected chi connectivity index (χ3v) is 7.76. The van der Waals surface area contributed by atoms with Crippen LogP contribution in [0.5, 0.6) is 5.75 Å². The summed E-state index contributed by atoms with van der Waals surface area (Å²) in [6, 6.07) is 23.5. The van der Waals surface area contributed by atoms with Gasteiger partial charge in [0.1, 0.15) is 12.4 Å². The zero-order valence-electron chi connectivity index (χ0n) is 19.5. The van der Waals surface area contributed by atoms with Gasteiger partial charge in [-0.2, -0.15) is 4.98 Å². The molecule has 0 spiro atoms. The van der Waals surface area contributed by atoms with Crippen molar-refractivity contribution in [2.24, 2.45) is 11.8 Å². The molecule has 2 saturated carbocycles. The highest BCUT2D eigenvalue weighted by molar-refractivity contribution is 5.57. The first-order chi connectivity index (χ1) is 16.7. The molecule has 2 aliphatic rings. The highest BCUT2D eigenvalue weighted by Crippen LogP contribution is 2.60. The number of hydrogen-bond acceptors (Lipinski definition) is 5. The molecule has 0 radical (unpaired) electrons. The Morgan fingerprint density at radius 1 is 0.971 bits per heavy atom. The predicted octanol–water partition coefficient (Wildman–Crippen LogP) is 6.38. The highest BCUT2D eigenvalue weighted by Gasteiger charge is 2.52. The number of aryl methyl sites for hydroxylation is 1. The van der Waals surface area contributed by atoms with Gasteiger partial charge in [-0.1, -0.05) is 61.0 Å². The third-order valence-electron chi connectivity index (χ3n) is 7.76. The van der Waals surface area contributed by atoms with Crippen molar-refractivity contribution in [3.63, 3.8) is 0 Å². The predicted molar refractivity (Wildman–Crippen MR) is 130 cm³/mol. The molecule has 3 unspecified atom stereocenters. The van der Waals surface area contributed by atoms with Crippen molar-refractivity contribution in [1.29, 1.82) is 0 Å². The van der Waals surface area contributed by atoms with Crippen molar-refractivity contribution >= 4 is 0 Å². The summed E-state index contributed by atoms with van der Waals surface area (Å²) >= 11 is 0. The smallest absolute Gasteiger partial charge is 0.226 e. The molecule has 34 heavy (non-hydrogen) atoms. The van der Waals surface area contributed by atoms with Gasteiger partial charge in [0.15, 0.2) is 0 Å². The van der Waals surface area contributed by atoms with Crippen LogP contribution in [0, 0.1) is 11.8 Å². The van der Waals surface area contributed by atoms with Crippen molar-refractivity contribution in [3.8, 4) is 17.1 Å². The molecule has 2 fully saturated rings. The summed E-state index contributed by atoms with van der Waals surface area (Å²) in [7, 11) is 0. The Morgan fingerprint density at radius 2 is 1.76 bits per heavy atom. The van der Waals surface area contributed by atoms with E-state index in [2.05, 4.69) is 63.7 Å². The van der Waals surface area contributed by atoms with Crippen LogP contribution in [-0.4, -0.2) is 15.1 Å². The lowest BCUT2D eigenvalue weighted by Gasteiger charge is -2.39. The van der Waals surface area contributed by atoms with E-state index >= 15 is 0 Å². The topological polar surface area (TPSA) is 61.0 Å². The fourth-order valence-corrected chi connectivity index (χ4v) is 6.13. The quantitative estimate of drug-likeness (QED) is 0.326. The molecule has 2 aromatic heterocycles. The number of aromatic nitrogens is 3. The molecule has 2 aromatic carbocycles. The molecule has 2 heterocycles. The number of pyridine rings is 1. The maximum atomic E-state index is 6.00. The van der Waals surface area contributed by atoms with Crippen LogP contribution in [0.25, 0.3) is 11.4 Å². The lowest BCUT2D eigenvalue weighted by molar-refractivity contribution is 0.299. The fourth-order valence-electron chi connectivity index (χ4n) is 6.13. The van der Waals surface area contributed by atoms with Gasteiger partial charge in [0.2, 0.25) is 11.7 Å². The van der Waals surface area contributed by atoms with E-state index in [1.807, 2.05) is 25.1 Å². The van der Waals surface area contributed by atoms with E-state index in [9.17, 15) is 0 Å². The Bertz CT molecular complexity index is 1250. The van der Waals surface area contributed by atoms with Crippen LogP contribution in [0.3, 0.4) is 0 Å². The number of fused-ring (bicyclic) bond motifs is 2. The van der Waals surface area contributed by atoms with E-state index in [0.29, 0.717) is 24.2 Å². The van der Waals surface area contributed by atoms with Gasteiger partial charge in [0, 0.05) is 23.6 Å². The van der Waals surface area contributed by atoms with Gasteiger partial charge < -0.3 is 9.26 Å². The van der Waals surface area contributed by atoms with Crippen LogP contribution in [-0.2, 0) is 18.4 Å². The Labute approximate surface area is 200 Å². The Kier molecular flexibility index (Phi) is 5.40. The number of hydrogen-bond donors (Lipinski definition) is 0. The van der Waals surface area contributed by atoms with Crippen LogP contribution < -0.4 is 4.74 Å². The van der Waals surface area contributed by atoms with E-state index in [1.165, 1.54) is 36.8 Å². The summed E-state index contributed by atoms with van der Waals surface area (Å²) < 4.78 is 11.3. The first kappa shape index (κ1) is 21.1. The molecule has 3 atom stereocenters. The molecule has 2 aliphatic carbocycles. The standard InChI is InChI=1S/C29H29N3O2/c1-2-27-31-28(32-34-27)21-7-10-22(11-8-21)29(18-20-6-9-24(29)17-20)23-12-14-26(15-13-23)33-19-25-5-3-4-16-30-25/h3-5,7-8,10-16,20,24H,2,6,9,17-19H2,1H3. The first-order valence-corrected chi connectivity index (χ1v) is 12.3. The van der Waals surface area contributed by atoms with Gasteiger partial charge in [0.25, 0.3) is 0 Å². The lowest BCUT2D eigenvalue weighted by Crippen LogP contribution is -2.34. The number of benzene rings is 2. The minimum Gasteiger partial charge on any atom is -0.487 e. The first-order valence-electron chi connectivity index (χ1n) is 12.3. The molecule has 0 amide bonds. The minimum atomic E-state index is 0.0623. The van der Waals surface area contributed by atoms with Gasteiger partial charge >= 0.3 is 0 Å². The Hall–Kier alpha value is -3.47. The van der Waals surface area contributed by atoms with Crippen molar-refractivity contribution in [1.82, 2.24) is 15.1 Å². The van der Waals surface area contributed by atoms with Crippen molar-refractivity contribution < 1.29 is 9.26 Å². The molecule has 0 saturated heterocycles. The molecular weight excluding hydrogens is 422 g/mol. The van der Waals surface area contributed by atoms with Gasteiger partial charge in [-0.05, 0) is 66.5 Å². The van der Waals surface area contributed by atoms with Crippen LogP contribution in [0.4, 0.5) is 0 Å². The number of rotatable bonds is 7. The van der Waals surface area contributed by atoms with Crippen LogP contribution in [0.1, 0.15) is 55.3 Å². The normalized spacial score (nSPS) is 23.3. The molecule has 172 valence electrons. The second-order valence-electron chi connectivity index (χ2n) is 9.63. The van der Waals surface area contributed by atoms with E-state index in [-0.39, 0.29) is 5.41 Å². The fraction of sp³-hybridized carbons (Fsp3) is 0.345. The maximum Gasteiger partial charge on any atom is 0.226 e.